The molecule has 0 saturated carbocycles. The van der Waals surface area contributed by atoms with Crippen molar-refractivity contribution in [1.82, 2.24) is 9.78 Å². The van der Waals surface area contributed by atoms with E-state index in [-0.39, 0.29) is 5.97 Å². The summed E-state index contributed by atoms with van der Waals surface area (Å²) >= 11 is 1.46. The minimum Gasteiger partial charge on any atom is -0.462 e. The molecule has 0 aliphatic rings. The van der Waals surface area contributed by atoms with Crippen molar-refractivity contribution >= 4 is 23.4 Å². The summed E-state index contributed by atoms with van der Waals surface area (Å²) in [6, 6.07) is 5.22. The molecule has 2 aromatic rings. The fourth-order valence-electron chi connectivity index (χ4n) is 1.58. The van der Waals surface area contributed by atoms with Crippen LogP contribution in [0.3, 0.4) is 0 Å². The Bertz CT molecular complexity index is 595. The summed E-state index contributed by atoms with van der Waals surface area (Å²) < 4.78 is 6.75. The summed E-state index contributed by atoms with van der Waals surface area (Å²) in [7, 11) is 1.85. The van der Waals surface area contributed by atoms with E-state index in [2.05, 4.69) is 5.10 Å². The second kappa shape index (κ2) is 5.79. The number of aryl methyl sites for hydroxylation is 1. The summed E-state index contributed by atoms with van der Waals surface area (Å²) in [6.45, 7) is 2.11. The molecule has 0 aliphatic carbocycles. The summed E-state index contributed by atoms with van der Waals surface area (Å²) in [4.78, 5) is 13.7. The summed E-state index contributed by atoms with van der Waals surface area (Å²) in [6.07, 6.45) is 3.63. The molecule has 0 radical (unpaired) electrons. The van der Waals surface area contributed by atoms with Crippen LogP contribution in [0.5, 0.6) is 0 Å². The van der Waals surface area contributed by atoms with Crippen LogP contribution in [-0.4, -0.2) is 22.4 Å². The lowest BCUT2D eigenvalue weighted by Crippen LogP contribution is -2.06. The molecule has 2 rings (SSSR count). The van der Waals surface area contributed by atoms with Crippen LogP contribution in [0.25, 0.3) is 0 Å². The molecule has 0 saturated heterocycles. The highest BCUT2D eigenvalue weighted by atomic mass is 32.2. The average molecular weight is 277 g/mol. The third kappa shape index (κ3) is 3.29. The molecular formula is C13H15N3O2S. The lowest BCUT2D eigenvalue weighted by molar-refractivity contribution is 0.0522. The Labute approximate surface area is 115 Å². The third-order valence-electron chi connectivity index (χ3n) is 2.41. The Morgan fingerprint density at radius 1 is 1.53 bits per heavy atom. The lowest BCUT2D eigenvalue weighted by atomic mass is 10.2. The quantitative estimate of drug-likeness (QED) is 0.686. The molecule has 6 heteroatoms. The van der Waals surface area contributed by atoms with Gasteiger partial charge in [-0.15, -0.1) is 0 Å². The van der Waals surface area contributed by atoms with Gasteiger partial charge in [0, 0.05) is 23.8 Å². The second-order valence-corrected chi connectivity index (χ2v) is 5.04. The highest BCUT2D eigenvalue weighted by Gasteiger charge is 2.14. The van der Waals surface area contributed by atoms with Gasteiger partial charge >= 0.3 is 5.97 Å². The molecule has 100 valence electrons. The number of carbonyl (C=O) groups is 1. The van der Waals surface area contributed by atoms with E-state index in [4.69, 9.17) is 10.5 Å². The predicted octanol–water partition coefficient (Wildman–Crippen LogP) is 2.33. The summed E-state index contributed by atoms with van der Waals surface area (Å²) in [5.74, 6) is -0.360. The average Bonchev–Trinajstić information content (AvgIpc) is 2.77. The van der Waals surface area contributed by atoms with Crippen molar-refractivity contribution in [3.63, 3.8) is 0 Å². The predicted molar refractivity (Wildman–Crippen MR) is 74.1 cm³/mol. The van der Waals surface area contributed by atoms with Crippen LogP contribution in [0.1, 0.15) is 17.3 Å². The first-order valence-electron chi connectivity index (χ1n) is 5.83. The molecule has 2 N–H and O–H groups in total. The van der Waals surface area contributed by atoms with Crippen molar-refractivity contribution in [2.24, 2.45) is 7.05 Å². The van der Waals surface area contributed by atoms with Crippen LogP contribution in [0.4, 0.5) is 5.69 Å². The third-order valence-corrected chi connectivity index (χ3v) is 3.43. The highest BCUT2D eigenvalue weighted by molar-refractivity contribution is 7.99. The van der Waals surface area contributed by atoms with E-state index in [9.17, 15) is 4.79 Å². The number of esters is 1. The molecule has 0 fully saturated rings. The molecule has 1 aromatic carbocycles. The first-order chi connectivity index (χ1) is 9.10. The minimum absolute atomic E-state index is 0.338. The van der Waals surface area contributed by atoms with Crippen LogP contribution in [0, 0.1) is 0 Å². The Balaban J connectivity index is 2.31. The van der Waals surface area contributed by atoms with Gasteiger partial charge in [0.2, 0.25) is 0 Å². The number of hydrogen-bond acceptors (Lipinski definition) is 5. The SMILES string of the molecule is CCOC(=O)c1cc(N)ccc1Sc1cnn(C)c1. The zero-order chi connectivity index (χ0) is 13.8. The summed E-state index contributed by atoms with van der Waals surface area (Å²) in [5.41, 5.74) is 6.75. The minimum atomic E-state index is -0.360. The number of nitrogen functional groups attached to an aromatic ring is 1. The number of carbonyl (C=O) groups excluding carboxylic acids is 1. The van der Waals surface area contributed by atoms with Crippen molar-refractivity contribution in [3.8, 4) is 0 Å². The van der Waals surface area contributed by atoms with Gasteiger partial charge in [0.1, 0.15) is 0 Å². The number of anilines is 1. The Morgan fingerprint density at radius 2 is 2.32 bits per heavy atom. The van der Waals surface area contributed by atoms with Crippen LogP contribution in [0.15, 0.2) is 40.4 Å². The Hall–Kier alpha value is -1.95. The van der Waals surface area contributed by atoms with Crippen LogP contribution >= 0.6 is 11.8 Å². The van der Waals surface area contributed by atoms with Crippen LogP contribution < -0.4 is 5.73 Å². The molecule has 1 aromatic heterocycles. The van der Waals surface area contributed by atoms with E-state index in [1.807, 2.05) is 19.3 Å². The number of hydrogen-bond donors (Lipinski definition) is 1. The monoisotopic (exact) mass is 277 g/mol. The van der Waals surface area contributed by atoms with E-state index in [0.29, 0.717) is 17.9 Å². The number of rotatable bonds is 4. The fraction of sp³-hybridized carbons (Fsp3) is 0.231. The largest absolute Gasteiger partial charge is 0.462 e. The Kier molecular flexibility index (Phi) is 4.11. The van der Waals surface area contributed by atoms with Crippen LogP contribution in [-0.2, 0) is 11.8 Å². The molecule has 1 heterocycles. The summed E-state index contributed by atoms with van der Waals surface area (Å²) in [5, 5.41) is 4.10. The first kappa shape index (κ1) is 13.5. The first-order valence-corrected chi connectivity index (χ1v) is 6.65. The second-order valence-electron chi connectivity index (χ2n) is 3.93. The Morgan fingerprint density at radius 3 is 2.95 bits per heavy atom. The normalized spacial score (nSPS) is 10.4. The molecule has 0 bridgehead atoms. The van der Waals surface area contributed by atoms with Gasteiger partial charge in [-0.3, -0.25) is 4.68 Å². The maximum Gasteiger partial charge on any atom is 0.339 e. The number of benzene rings is 1. The van der Waals surface area contributed by atoms with E-state index >= 15 is 0 Å². The van der Waals surface area contributed by atoms with Crippen molar-refractivity contribution in [3.05, 3.63) is 36.2 Å². The number of nitrogens with zero attached hydrogens (tertiary/aromatic N) is 2. The van der Waals surface area contributed by atoms with E-state index in [1.165, 1.54) is 11.8 Å². The smallest absolute Gasteiger partial charge is 0.339 e. The fourth-order valence-corrected chi connectivity index (χ4v) is 2.53. The highest BCUT2D eigenvalue weighted by Crippen LogP contribution is 2.31. The van der Waals surface area contributed by atoms with Gasteiger partial charge in [-0.05, 0) is 25.1 Å². The number of nitrogens with two attached hydrogens (primary N) is 1. The van der Waals surface area contributed by atoms with Gasteiger partial charge in [0.25, 0.3) is 0 Å². The number of aromatic nitrogens is 2. The van der Waals surface area contributed by atoms with Gasteiger partial charge in [-0.2, -0.15) is 5.10 Å². The molecule has 0 amide bonds. The van der Waals surface area contributed by atoms with Gasteiger partial charge in [-0.25, -0.2) is 4.79 Å². The van der Waals surface area contributed by atoms with Crippen molar-refractivity contribution in [2.45, 2.75) is 16.7 Å². The molecule has 5 nitrogen and oxygen atoms in total. The molecule has 0 spiro atoms. The van der Waals surface area contributed by atoms with E-state index in [0.717, 1.165) is 9.79 Å². The van der Waals surface area contributed by atoms with E-state index in [1.54, 1.807) is 29.9 Å². The zero-order valence-corrected chi connectivity index (χ0v) is 11.6. The topological polar surface area (TPSA) is 70.1 Å². The standard InChI is InChI=1S/C13H15N3O2S/c1-3-18-13(17)11-6-9(14)4-5-12(11)19-10-7-15-16(2)8-10/h4-8H,3,14H2,1-2H3. The van der Waals surface area contributed by atoms with Gasteiger partial charge in [0.05, 0.1) is 23.3 Å². The van der Waals surface area contributed by atoms with Crippen LogP contribution in [0.2, 0.25) is 0 Å². The molecular weight excluding hydrogens is 262 g/mol. The molecule has 0 aliphatic heterocycles. The zero-order valence-electron chi connectivity index (χ0n) is 10.8. The maximum atomic E-state index is 11.9. The van der Waals surface area contributed by atoms with Gasteiger partial charge in [-0.1, -0.05) is 11.8 Å². The number of ether oxygens (including phenoxy) is 1. The maximum absolute atomic E-state index is 11.9. The molecule has 0 atom stereocenters. The van der Waals surface area contributed by atoms with Gasteiger partial charge in [0.15, 0.2) is 0 Å². The lowest BCUT2D eigenvalue weighted by Gasteiger charge is -2.08. The van der Waals surface area contributed by atoms with E-state index < -0.39 is 0 Å². The van der Waals surface area contributed by atoms with Crippen molar-refractivity contribution < 1.29 is 9.53 Å². The molecule has 19 heavy (non-hydrogen) atoms. The van der Waals surface area contributed by atoms with Crippen molar-refractivity contribution in [1.29, 1.82) is 0 Å². The van der Waals surface area contributed by atoms with Crippen molar-refractivity contribution in [2.75, 3.05) is 12.3 Å². The van der Waals surface area contributed by atoms with Gasteiger partial charge < -0.3 is 10.5 Å². The molecule has 0 unspecified atom stereocenters.